The van der Waals surface area contributed by atoms with Crippen molar-refractivity contribution in [3.8, 4) is 5.69 Å². The van der Waals surface area contributed by atoms with Crippen LogP contribution >= 0.6 is 23.2 Å². The van der Waals surface area contributed by atoms with Crippen LogP contribution in [0.4, 0.5) is 13.2 Å². The number of carbonyl (C=O) groups excluding carboxylic acids is 1. The van der Waals surface area contributed by atoms with Crippen molar-refractivity contribution in [1.82, 2.24) is 9.78 Å². The Morgan fingerprint density at radius 1 is 1.17 bits per heavy atom. The number of carboxylic acids is 1. The van der Waals surface area contributed by atoms with Gasteiger partial charge in [0.1, 0.15) is 17.8 Å². The Bertz CT molecular complexity index is 787. The van der Waals surface area contributed by atoms with E-state index in [1.54, 1.807) is 0 Å². The van der Waals surface area contributed by atoms with Crippen molar-refractivity contribution in [3.63, 3.8) is 0 Å². The normalized spacial score (nSPS) is 11.5. The zero-order valence-electron chi connectivity index (χ0n) is 11.1. The molecule has 10 heteroatoms. The molecule has 0 bridgehead atoms. The Balaban J connectivity index is 2.57. The maximum atomic E-state index is 13.1. The van der Waals surface area contributed by atoms with Gasteiger partial charge in [0.15, 0.2) is 5.78 Å². The number of aliphatic carboxylic acids is 1. The maximum absolute atomic E-state index is 13.1. The van der Waals surface area contributed by atoms with E-state index >= 15 is 0 Å². The molecule has 23 heavy (non-hydrogen) atoms. The van der Waals surface area contributed by atoms with E-state index in [0.717, 1.165) is 6.07 Å². The maximum Gasteiger partial charge on any atom is 0.433 e. The molecule has 0 saturated heterocycles. The lowest BCUT2D eigenvalue weighted by molar-refractivity contribution is -0.142. The second kappa shape index (κ2) is 6.21. The highest BCUT2D eigenvalue weighted by Gasteiger charge is 2.37. The van der Waals surface area contributed by atoms with Crippen molar-refractivity contribution in [3.05, 3.63) is 45.7 Å². The lowest BCUT2D eigenvalue weighted by Crippen LogP contribution is -2.13. The smallest absolute Gasteiger partial charge is 0.433 e. The predicted molar refractivity (Wildman–Crippen MR) is 75.2 cm³/mol. The molecule has 0 aliphatic rings. The standard InChI is InChI=1S/C13H7Cl2F3N2O3/c14-7-2-1-6(3-8(7)15)20-11(13(16,17)18)4-9(19-20)10(21)5-12(22)23/h1-4H,5H2,(H,22,23). The van der Waals surface area contributed by atoms with Gasteiger partial charge in [-0.2, -0.15) is 18.3 Å². The van der Waals surface area contributed by atoms with Gasteiger partial charge in [-0.3, -0.25) is 9.59 Å². The fraction of sp³-hybridized carbons (Fsp3) is 0.154. The van der Waals surface area contributed by atoms with Gasteiger partial charge < -0.3 is 5.11 Å². The van der Waals surface area contributed by atoms with Crippen LogP contribution in [0.2, 0.25) is 10.0 Å². The van der Waals surface area contributed by atoms with Gasteiger partial charge in [0, 0.05) is 6.07 Å². The number of rotatable bonds is 4. The number of Topliss-reactive ketones (excluding diaryl/α,β-unsaturated/α-hetero) is 1. The Kier molecular flexibility index (Phi) is 4.67. The van der Waals surface area contributed by atoms with Crippen LogP contribution in [0.15, 0.2) is 24.3 Å². The van der Waals surface area contributed by atoms with E-state index in [-0.39, 0.29) is 15.7 Å². The largest absolute Gasteiger partial charge is 0.481 e. The quantitative estimate of drug-likeness (QED) is 0.658. The number of carboxylic acid groups (broad SMARTS) is 1. The zero-order valence-corrected chi connectivity index (χ0v) is 12.6. The molecule has 2 aromatic rings. The van der Waals surface area contributed by atoms with Gasteiger partial charge in [-0.15, -0.1) is 0 Å². The van der Waals surface area contributed by atoms with Crippen molar-refractivity contribution in [2.45, 2.75) is 12.6 Å². The SMILES string of the molecule is O=C(O)CC(=O)c1cc(C(F)(F)F)n(-c2ccc(Cl)c(Cl)c2)n1. The Labute approximate surface area is 137 Å². The van der Waals surface area contributed by atoms with E-state index in [2.05, 4.69) is 5.10 Å². The number of ketones is 1. The van der Waals surface area contributed by atoms with Gasteiger partial charge >= 0.3 is 12.1 Å². The van der Waals surface area contributed by atoms with Crippen LogP contribution in [-0.2, 0) is 11.0 Å². The van der Waals surface area contributed by atoms with E-state index in [0.29, 0.717) is 10.7 Å². The van der Waals surface area contributed by atoms with Crippen LogP contribution in [0.1, 0.15) is 22.6 Å². The Morgan fingerprint density at radius 3 is 2.35 bits per heavy atom. The lowest BCUT2D eigenvalue weighted by atomic mass is 10.2. The van der Waals surface area contributed by atoms with Crippen molar-refractivity contribution in [2.24, 2.45) is 0 Å². The van der Waals surface area contributed by atoms with Crippen LogP contribution in [0.3, 0.4) is 0 Å². The highest BCUT2D eigenvalue weighted by Crippen LogP contribution is 2.33. The topological polar surface area (TPSA) is 72.2 Å². The molecular weight excluding hydrogens is 360 g/mol. The average Bonchev–Trinajstić information content (AvgIpc) is 2.86. The number of nitrogens with zero attached hydrogens (tertiary/aromatic N) is 2. The molecule has 0 fully saturated rings. The molecule has 0 atom stereocenters. The third-order valence-electron chi connectivity index (χ3n) is 2.75. The molecule has 2 rings (SSSR count). The molecule has 1 aromatic heterocycles. The van der Waals surface area contributed by atoms with Crippen LogP contribution < -0.4 is 0 Å². The molecule has 1 N–H and O–H groups in total. The van der Waals surface area contributed by atoms with Crippen molar-refractivity contribution >= 4 is 35.0 Å². The second-order valence-electron chi connectivity index (χ2n) is 4.42. The molecule has 122 valence electrons. The van der Waals surface area contributed by atoms with Gasteiger partial charge in [-0.25, -0.2) is 4.68 Å². The van der Waals surface area contributed by atoms with E-state index in [1.165, 1.54) is 12.1 Å². The summed E-state index contributed by atoms with van der Waals surface area (Å²) in [5.74, 6) is -2.51. The molecule has 0 aliphatic heterocycles. The molecule has 0 aliphatic carbocycles. The Hall–Kier alpha value is -2.06. The molecule has 1 heterocycles. The molecule has 1 aromatic carbocycles. The molecule has 0 unspecified atom stereocenters. The minimum atomic E-state index is -4.80. The first-order valence-electron chi connectivity index (χ1n) is 5.97. The van der Waals surface area contributed by atoms with E-state index < -0.39 is 35.7 Å². The third-order valence-corrected chi connectivity index (χ3v) is 3.48. The number of benzene rings is 1. The summed E-state index contributed by atoms with van der Waals surface area (Å²) in [6.45, 7) is 0. The average molecular weight is 367 g/mol. The Morgan fingerprint density at radius 2 is 1.83 bits per heavy atom. The summed E-state index contributed by atoms with van der Waals surface area (Å²) in [5, 5.41) is 12.3. The van der Waals surface area contributed by atoms with Gasteiger partial charge in [-0.1, -0.05) is 23.2 Å². The highest BCUT2D eigenvalue weighted by atomic mass is 35.5. The van der Waals surface area contributed by atoms with Gasteiger partial charge in [0.05, 0.1) is 15.7 Å². The monoisotopic (exact) mass is 366 g/mol. The van der Waals surface area contributed by atoms with Gasteiger partial charge in [0.2, 0.25) is 0 Å². The van der Waals surface area contributed by atoms with Crippen molar-refractivity contribution in [1.29, 1.82) is 0 Å². The van der Waals surface area contributed by atoms with E-state index in [4.69, 9.17) is 28.3 Å². The number of aromatic nitrogens is 2. The number of alkyl halides is 3. The zero-order chi connectivity index (χ0) is 17.4. The predicted octanol–water partition coefficient (Wildman–Crippen LogP) is 3.86. The first-order valence-corrected chi connectivity index (χ1v) is 6.73. The summed E-state index contributed by atoms with van der Waals surface area (Å²) in [6, 6.07) is 4.16. The first kappa shape index (κ1) is 17.3. The van der Waals surface area contributed by atoms with Crippen LogP contribution in [0.25, 0.3) is 5.69 Å². The fourth-order valence-corrected chi connectivity index (χ4v) is 2.05. The highest BCUT2D eigenvalue weighted by molar-refractivity contribution is 6.42. The summed E-state index contributed by atoms with van der Waals surface area (Å²) in [7, 11) is 0. The van der Waals surface area contributed by atoms with Gasteiger partial charge in [-0.05, 0) is 18.2 Å². The fourth-order valence-electron chi connectivity index (χ4n) is 1.76. The summed E-state index contributed by atoms with van der Waals surface area (Å²) < 4.78 is 39.8. The van der Waals surface area contributed by atoms with Crippen LogP contribution in [0.5, 0.6) is 0 Å². The molecule has 0 radical (unpaired) electrons. The summed E-state index contributed by atoms with van der Waals surface area (Å²) in [4.78, 5) is 22.1. The molecule has 5 nitrogen and oxygen atoms in total. The summed E-state index contributed by atoms with van der Waals surface area (Å²) >= 11 is 11.5. The summed E-state index contributed by atoms with van der Waals surface area (Å²) in [6.07, 6.45) is -5.77. The van der Waals surface area contributed by atoms with Crippen molar-refractivity contribution in [2.75, 3.05) is 0 Å². The third kappa shape index (κ3) is 3.83. The number of carbonyl (C=O) groups is 2. The minimum Gasteiger partial charge on any atom is -0.481 e. The molecule has 0 amide bonds. The number of hydrogen-bond acceptors (Lipinski definition) is 3. The second-order valence-corrected chi connectivity index (χ2v) is 5.23. The molecular formula is C13H7Cl2F3N2O3. The molecule has 0 spiro atoms. The van der Waals surface area contributed by atoms with Crippen LogP contribution in [-0.4, -0.2) is 26.6 Å². The minimum absolute atomic E-state index is 0.00574. The number of hydrogen-bond donors (Lipinski definition) is 1. The van der Waals surface area contributed by atoms with E-state index in [9.17, 15) is 22.8 Å². The summed E-state index contributed by atoms with van der Waals surface area (Å²) in [5.41, 5.74) is -1.91. The van der Waals surface area contributed by atoms with Crippen molar-refractivity contribution < 1.29 is 27.9 Å². The lowest BCUT2D eigenvalue weighted by Gasteiger charge is -2.10. The van der Waals surface area contributed by atoms with E-state index in [1.807, 2.05) is 0 Å². The van der Waals surface area contributed by atoms with Gasteiger partial charge in [0.25, 0.3) is 0 Å². The number of halogens is 5. The molecule has 0 saturated carbocycles. The van der Waals surface area contributed by atoms with Crippen LogP contribution in [0, 0.1) is 0 Å². The first-order chi connectivity index (χ1) is 10.6.